The van der Waals surface area contributed by atoms with Crippen LogP contribution in [0.15, 0.2) is 18.2 Å². The van der Waals surface area contributed by atoms with E-state index in [0.29, 0.717) is 5.75 Å². The third kappa shape index (κ3) is 3.19. The summed E-state index contributed by atoms with van der Waals surface area (Å²) in [5.41, 5.74) is 6.51. The molecule has 0 aromatic heterocycles. The fourth-order valence-electron chi connectivity index (χ4n) is 2.26. The Bertz CT molecular complexity index is 372. The normalized spacial score (nSPS) is 19.0. The van der Waals surface area contributed by atoms with Crippen LogP contribution in [0.1, 0.15) is 50.6 Å². The van der Waals surface area contributed by atoms with Gasteiger partial charge in [0.15, 0.2) is 11.6 Å². The molecule has 17 heavy (non-hydrogen) atoms. The van der Waals surface area contributed by atoms with Crippen molar-refractivity contribution in [3.8, 4) is 5.75 Å². The van der Waals surface area contributed by atoms with Crippen molar-refractivity contribution in [3.05, 3.63) is 29.6 Å². The summed E-state index contributed by atoms with van der Waals surface area (Å²) in [7, 11) is 0. The molecule has 94 valence electrons. The second kappa shape index (κ2) is 5.50. The van der Waals surface area contributed by atoms with E-state index in [2.05, 4.69) is 0 Å². The van der Waals surface area contributed by atoms with E-state index in [0.717, 1.165) is 18.4 Å². The molecule has 1 atom stereocenters. The van der Waals surface area contributed by atoms with Gasteiger partial charge in [0.2, 0.25) is 0 Å². The molecule has 2 rings (SSSR count). The largest absolute Gasteiger partial charge is 0.487 e. The van der Waals surface area contributed by atoms with E-state index in [1.165, 1.54) is 25.3 Å². The van der Waals surface area contributed by atoms with Gasteiger partial charge in [-0.1, -0.05) is 12.5 Å². The van der Waals surface area contributed by atoms with E-state index in [9.17, 15) is 4.39 Å². The quantitative estimate of drug-likeness (QED) is 0.872. The SMILES string of the molecule is C[C@@H](N)c1ccc(OC2CCCCC2)c(F)c1. The molecule has 2 N–H and O–H groups in total. The van der Waals surface area contributed by atoms with Gasteiger partial charge in [0.1, 0.15) is 0 Å². The van der Waals surface area contributed by atoms with Crippen molar-refractivity contribution in [1.82, 2.24) is 0 Å². The van der Waals surface area contributed by atoms with Gasteiger partial charge in [0, 0.05) is 6.04 Å². The Labute approximate surface area is 102 Å². The van der Waals surface area contributed by atoms with Crippen molar-refractivity contribution in [3.63, 3.8) is 0 Å². The van der Waals surface area contributed by atoms with Crippen LogP contribution in [0, 0.1) is 5.82 Å². The van der Waals surface area contributed by atoms with Crippen molar-refractivity contribution in [1.29, 1.82) is 0 Å². The van der Waals surface area contributed by atoms with Crippen LogP contribution >= 0.6 is 0 Å². The second-order valence-corrected chi connectivity index (χ2v) is 4.86. The van der Waals surface area contributed by atoms with E-state index in [1.54, 1.807) is 6.07 Å². The highest BCUT2D eigenvalue weighted by Gasteiger charge is 2.17. The van der Waals surface area contributed by atoms with Crippen LogP contribution in [0.5, 0.6) is 5.75 Å². The third-order valence-electron chi connectivity index (χ3n) is 3.33. The number of nitrogens with two attached hydrogens (primary N) is 1. The van der Waals surface area contributed by atoms with Gasteiger partial charge in [-0.05, 0) is 50.3 Å². The van der Waals surface area contributed by atoms with Gasteiger partial charge in [-0.3, -0.25) is 0 Å². The van der Waals surface area contributed by atoms with Gasteiger partial charge in [-0.25, -0.2) is 4.39 Å². The Morgan fingerprint density at radius 1 is 1.29 bits per heavy atom. The van der Waals surface area contributed by atoms with Crippen LogP contribution in [0.25, 0.3) is 0 Å². The van der Waals surface area contributed by atoms with Crippen molar-refractivity contribution >= 4 is 0 Å². The van der Waals surface area contributed by atoms with Crippen LogP contribution in [0.4, 0.5) is 4.39 Å². The highest BCUT2D eigenvalue weighted by atomic mass is 19.1. The smallest absolute Gasteiger partial charge is 0.165 e. The number of ether oxygens (including phenoxy) is 1. The Balaban J connectivity index is 2.05. The zero-order valence-corrected chi connectivity index (χ0v) is 10.3. The van der Waals surface area contributed by atoms with Crippen LogP contribution in [0.2, 0.25) is 0 Å². The highest BCUT2D eigenvalue weighted by molar-refractivity contribution is 5.30. The first-order valence-corrected chi connectivity index (χ1v) is 6.38. The molecule has 0 unspecified atom stereocenters. The predicted molar refractivity (Wildman–Crippen MR) is 66.5 cm³/mol. The molecule has 2 nitrogen and oxygen atoms in total. The first kappa shape index (κ1) is 12.4. The third-order valence-corrected chi connectivity index (χ3v) is 3.33. The molecule has 0 bridgehead atoms. The number of hydrogen-bond donors (Lipinski definition) is 1. The van der Waals surface area contributed by atoms with Crippen LogP contribution in [-0.2, 0) is 0 Å². The monoisotopic (exact) mass is 237 g/mol. The summed E-state index contributed by atoms with van der Waals surface area (Å²) in [4.78, 5) is 0. The molecule has 0 radical (unpaired) electrons. The Morgan fingerprint density at radius 3 is 2.59 bits per heavy atom. The fraction of sp³-hybridized carbons (Fsp3) is 0.571. The highest BCUT2D eigenvalue weighted by Crippen LogP contribution is 2.26. The lowest BCUT2D eigenvalue weighted by Gasteiger charge is -2.23. The maximum Gasteiger partial charge on any atom is 0.165 e. The maximum atomic E-state index is 13.8. The number of rotatable bonds is 3. The molecule has 3 heteroatoms. The number of benzene rings is 1. The Morgan fingerprint density at radius 2 is 2.00 bits per heavy atom. The summed E-state index contributed by atoms with van der Waals surface area (Å²) in [6.07, 6.45) is 5.89. The Hall–Kier alpha value is -1.09. The first-order chi connectivity index (χ1) is 8.16. The molecule has 1 aromatic rings. The second-order valence-electron chi connectivity index (χ2n) is 4.86. The maximum absolute atomic E-state index is 13.8. The fourth-order valence-corrected chi connectivity index (χ4v) is 2.26. The molecule has 0 aliphatic heterocycles. The molecule has 1 aliphatic carbocycles. The summed E-state index contributed by atoms with van der Waals surface area (Å²) >= 11 is 0. The molecule has 1 fully saturated rings. The van der Waals surface area contributed by atoms with E-state index in [-0.39, 0.29) is 18.0 Å². The van der Waals surface area contributed by atoms with Gasteiger partial charge >= 0.3 is 0 Å². The van der Waals surface area contributed by atoms with Gasteiger partial charge in [-0.2, -0.15) is 0 Å². The Kier molecular flexibility index (Phi) is 4.00. The molecule has 1 aromatic carbocycles. The van der Waals surface area contributed by atoms with E-state index < -0.39 is 0 Å². The molecule has 1 saturated carbocycles. The summed E-state index contributed by atoms with van der Waals surface area (Å²) in [5.74, 6) is 0.0617. The van der Waals surface area contributed by atoms with E-state index in [1.807, 2.05) is 13.0 Å². The molecule has 0 spiro atoms. The summed E-state index contributed by atoms with van der Waals surface area (Å²) < 4.78 is 19.5. The zero-order chi connectivity index (χ0) is 12.3. The van der Waals surface area contributed by atoms with Crippen molar-refractivity contribution in [2.24, 2.45) is 5.73 Å². The van der Waals surface area contributed by atoms with Gasteiger partial charge in [0.25, 0.3) is 0 Å². The van der Waals surface area contributed by atoms with Crippen LogP contribution in [0.3, 0.4) is 0 Å². The summed E-state index contributed by atoms with van der Waals surface area (Å²) in [6, 6.07) is 4.87. The van der Waals surface area contributed by atoms with Crippen molar-refractivity contribution in [2.45, 2.75) is 51.2 Å². The van der Waals surface area contributed by atoms with Gasteiger partial charge in [-0.15, -0.1) is 0 Å². The molecular weight excluding hydrogens is 217 g/mol. The van der Waals surface area contributed by atoms with Gasteiger partial charge in [0.05, 0.1) is 6.10 Å². The minimum absolute atomic E-state index is 0.145. The summed E-state index contributed by atoms with van der Waals surface area (Å²) in [5, 5.41) is 0. The predicted octanol–water partition coefficient (Wildman–Crippen LogP) is 3.56. The molecule has 1 aliphatic rings. The molecule has 0 heterocycles. The van der Waals surface area contributed by atoms with Crippen molar-refractivity contribution in [2.75, 3.05) is 0 Å². The zero-order valence-electron chi connectivity index (χ0n) is 10.3. The minimum Gasteiger partial charge on any atom is -0.487 e. The number of halogens is 1. The van der Waals surface area contributed by atoms with E-state index >= 15 is 0 Å². The lowest BCUT2D eigenvalue weighted by Crippen LogP contribution is -2.20. The summed E-state index contributed by atoms with van der Waals surface area (Å²) in [6.45, 7) is 1.84. The lowest BCUT2D eigenvalue weighted by molar-refractivity contribution is 0.148. The average Bonchev–Trinajstić information content (AvgIpc) is 2.33. The molecule has 0 amide bonds. The average molecular weight is 237 g/mol. The molecular formula is C14H20FNO. The van der Waals surface area contributed by atoms with Crippen LogP contribution < -0.4 is 10.5 Å². The molecule has 0 saturated heterocycles. The van der Waals surface area contributed by atoms with Crippen molar-refractivity contribution < 1.29 is 9.13 Å². The topological polar surface area (TPSA) is 35.2 Å². The van der Waals surface area contributed by atoms with Gasteiger partial charge < -0.3 is 10.5 Å². The lowest BCUT2D eigenvalue weighted by atomic mass is 9.98. The standard InChI is InChI=1S/C14H20FNO/c1-10(16)11-7-8-14(13(15)9-11)17-12-5-3-2-4-6-12/h7-10,12H,2-6,16H2,1H3/t10-/m1/s1. The first-order valence-electron chi connectivity index (χ1n) is 6.38. The van der Waals surface area contributed by atoms with Crippen LogP contribution in [-0.4, -0.2) is 6.10 Å². The minimum atomic E-state index is -0.301. The number of hydrogen-bond acceptors (Lipinski definition) is 2. The van der Waals surface area contributed by atoms with E-state index in [4.69, 9.17) is 10.5 Å².